The van der Waals surface area contributed by atoms with Gasteiger partial charge in [-0.25, -0.2) is 4.98 Å². The van der Waals surface area contributed by atoms with Crippen LogP contribution in [0.2, 0.25) is 5.02 Å². The van der Waals surface area contributed by atoms with Crippen LogP contribution in [0.15, 0.2) is 36.9 Å². The second-order valence-corrected chi connectivity index (χ2v) is 6.52. The minimum atomic E-state index is -4.52. The molecule has 0 spiro atoms. The number of alkyl halides is 3. The molecule has 0 bridgehead atoms. The molecule has 1 aromatic carbocycles. The lowest BCUT2D eigenvalue weighted by Gasteiger charge is -2.17. The number of benzene rings is 1. The van der Waals surface area contributed by atoms with Crippen LogP contribution in [0.1, 0.15) is 28.8 Å². The monoisotopic (exact) mass is 357 g/mol. The molecule has 1 fully saturated rings. The molecule has 1 heterocycles. The maximum atomic E-state index is 12.8. The molecular formula is C16H15ClF3N3O. The first-order chi connectivity index (χ1) is 11.3. The molecule has 8 heteroatoms. The molecular weight excluding hydrogens is 343 g/mol. The van der Waals surface area contributed by atoms with E-state index in [-0.39, 0.29) is 16.0 Å². The fraction of sp³-hybridized carbons (Fsp3) is 0.375. The number of carbonyl (C=O) groups is 1. The van der Waals surface area contributed by atoms with E-state index >= 15 is 0 Å². The highest BCUT2D eigenvalue weighted by atomic mass is 35.5. The molecule has 0 unspecified atom stereocenters. The summed E-state index contributed by atoms with van der Waals surface area (Å²) in [5.74, 6) is -0.594. The lowest BCUT2D eigenvalue weighted by Crippen LogP contribution is -2.32. The third kappa shape index (κ3) is 3.72. The molecule has 3 rings (SSSR count). The van der Waals surface area contributed by atoms with Crippen LogP contribution >= 0.6 is 11.6 Å². The largest absolute Gasteiger partial charge is 0.416 e. The average Bonchev–Trinajstić information content (AvgIpc) is 3.08. The SMILES string of the molecule is O=C(NCC1(Cn2ccnc2)CC1)c1cc(C(F)(F)F)ccc1Cl. The molecule has 0 atom stereocenters. The standard InChI is InChI=1S/C16H15ClF3N3O/c17-13-2-1-11(16(18,19)20)7-12(13)14(24)22-8-15(3-4-15)9-23-6-5-21-10-23/h1-2,5-7,10H,3-4,8-9H2,(H,22,24). The van der Waals surface area contributed by atoms with Crippen molar-refractivity contribution in [1.82, 2.24) is 14.9 Å². The molecule has 24 heavy (non-hydrogen) atoms. The van der Waals surface area contributed by atoms with E-state index < -0.39 is 17.6 Å². The van der Waals surface area contributed by atoms with Crippen molar-refractivity contribution in [2.24, 2.45) is 5.41 Å². The smallest absolute Gasteiger partial charge is 0.351 e. The number of nitrogens with zero attached hydrogens (tertiary/aromatic N) is 2. The Morgan fingerprint density at radius 2 is 2.12 bits per heavy atom. The van der Waals surface area contributed by atoms with Crippen molar-refractivity contribution in [1.29, 1.82) is 0 Å². The van der Waals surface area contributed by atoms with Gasteiger partial charge in [0.15, 0.2) is 0 Å². The summed E-state index contributed by atoms with van der Waals surface area (Å²) < 4.78 is 40.3. The third-order valence-electron chi connectivity index (χ3n) is 4.20. The number of rotatable bonds is 5. The molecule has 1 amide bonds. The van der Waals surface area contributed by atoms with Gasteiger partial charge in [0.1, 0.15) is 0 Å². The summed E-state index contributed by atoms with van der Waals surface area (Å²) in [6.45, 7) is 1.10. The summed E-state index contributed by atoms with van der Waals surface area (Å²) in [7, 11) is 0. The number of halogens is 4. The number of hydrogen-bond acceptors (Lipinski definition) is 2. The lowest BCUT2D eigenvalue weighted by atomic mass is 10.1. The van der Waals surface area contributed by atoms with Crippen molar-refractivity contribution in [3.05, 3.63) is 53.1 Å². The Morgan fingerprint density at radius 3 is 2.71 bits per heavy atom. The van der Waals surface area contributed by atoms with Crippen LogP contribution < -0.4 is 5.32 Å². The number of nitrogens with one attached hydrogen (secondary N) is 1. The molecule has 1 saturated carbocycles. The molecule has 0 saturated heterocycles. The van der Waals surface area contributed by atoms with E-state index in [4.69, 9.17) is 11.6 Å². The summed E-state index contributed by atoms with van der Waals surface area (Å²) in [5.41, 5.74) is -1.12. The first kappa shape index (κ1) is 16.8. The van der Waals surface area contributed by atoms with Crippen molar-refractivity contribution in [3.8, 4) is 0 Å². The van der Waals surface area contributed by atoms with Crippen molar-refractivity contribution in [2.45, 2.75) is 25.6 Å². The van der Waals surface area contributed by atoms with Crippen LogP contribution in [0.3, 0.4) is 0 Å². The number of aromatic nitrogens is 2. The summed E-state index contributed by atoms with van der Waals surface area (Å²) in [6, 6.07) is 2.74. The van der Waals surface area contributed by atoms with Crippen molar-refractivity contribution < 1.29 is 18.0 Å². The Hall–Kier alpha value is -2.02. The Bertz CT molecular complexity index is 740. The molecule has 1 aromatic heterocycles. The molecule has 1 N–H and O–H groups in total. The van der Waals surface area contributed by atoms with Gasteiger partial charge in [-0.05, 0) is 31.0 Å². The highest BCUT2D eigenvalue weighted by Gasteiger charge is 2.43. The molecule has 1 aliphatic carbocycles. The molecule has 4 nitrogen and oxygen atoms in total. The van der Waals surface area contributed by atoms with Crippen molar-refractivity contribution >= 4 is 17.5 Å². The zero-order valence-corrected chi connectivity index (χ0v) is 13.4. The maximum absolute atomic E-state index is 12.8. The van der Waals surface area contributed by atoms with Gasteiger partial charge in [0, 0.05) is 30.9 Å². The first-order valence-electron chi connectivity index (χ1n) is 7.40. The van der Waals surface area contributed by atoms with Crippen LogP contribution in [-0.4, -0.2) is 22.0 Å². The molecule has 0 aliphatic heterocycles. The minimum Gasteiger partial charge on any atom is -0.351 e. The summed E-state index contributed by atoms with van der Waals surface area (Å²) in [6.07, 6.45) is 2.59. The van der Waals surface area contributed by atoms with E-state index in [1.54, 1.807) is 12.5 Å². The summed E-state index contributed by atoms with van der Waals surface area (Å²) in [4.78, 5) is 16.2. The van der Waals surface area contributed by atoms with Gasteiger partial charge in [0.05, 0.1) is 22.5 Å². The van der Waals surface area contributed by atoms with Gasteiger partial charge in [-0.1, -0.05) is 11.6 Å². The van der Waals surface area contributed by atoms with Gasteiger partial charge < -0.3 is 9.88 Å². The Morgan fingerprint density at radius 1 is 1.38 bits per heavy atom. The highest BCUT2D eigenvalue weighted by Crippen LogP contribution is 2.46. The Labute approximate surface area is 141 Å². The number of carbonyl (C=O) groups excluding carboxylic acids is 1. The van der Waals surface area contributed by atoms with E-state index in [1.165, 1.54) is 0 Å². The van der Waals surface area contributed by atoms with E-state index in [9.17, 15) is 18.0 Å². The predicted octanol–water partition coefficient (Wildman–Crippen LogP) is 3.77. The lowest BCUT2D eigenvalue weighted by molar-refractivity contribution is -0.137. The van der Waals surface area contributed by atoms with Crippen LogP contribution in [0, 0.1) is 5.41 Å². The summed E-state index contributed by atoms with van der Waals surface area (Å²) in [5, 5.41) is 2.71. The topological polar surface area (TPSA) is 46.9 Å². The van der Waals surface area contributed by atoms with Crippen molar-refractivity contribution in [3.63, 3.8) is 0 Å². The number of amides is 1. The van der Waals surface area contributed by atoms with E-state index in [2.05, 4.69) is 10.3 Å². The second kappa shape index (κ2) is 6.12. The van der Waals surface area contributed by atoms with E-state index in [0.29, 0.717) is 13.1 Å². The zero-order chi connectivity index (χ0) is 17.4. The van der Waals surface area contributed by atoms with Crippen LogP contribution in [0.4, 0.5) is 13.2 Å². The van der Waals surface area contributed by atoms with Crippen LogP contribution in [0.5, 0.6) is 0 Å². The fourth-order valence-corrected chi connectivity index (χ4v) is 2.78. The predicted molar refractivity (Wildman–Crippen MR) is 82.7 cm³/mol. The number of hydrogen-bond donors (Lipinski definition) is 1. The molecule has 1 aliphatic rings. The quantitative estimate of drug-likeness (QED) is 0.885. The normalized spacial score (nSPS) is 16.0. The summed E-state index contributed by atoms with van der Waals surface area (Å²) >= 11 is 5.88. The maximum Gasteiger partial charge on any atom is 0.416 e. The first-order valence-corrected chi connectivity index (χ1v) is 7.78. The molecule has 2 aromatic rings. The van der Waals surface area contributed by atoms with Gasteiger partial charge in [0.2, 0.25) is 0 Å². The van der Waals surface area contributed by atoms with Gasteiger partial charge in [-0.3, -0.25) is 4.79 Å². The highest BCUT2D eigenvalue weighted by molar-refractivity contribution is 6.33. The third-order valence-corrected chi connectivity index (χ3v) is 4.53. The Balaban J connectivity index is 1.67. The zero-order valence-electron chi connectivity index (χ0n) is 12.6. The number of imidazole rings is 1. The minimum absolute atomic E-state index is 0.0000403. The van der Waals surface area contributed by atoms with Crippen LogP contribution in [0.25, 0.3) is 0 Å². The van der Waals surface area contributed by atoms with Gasteiger partial charge in [-0.15, -0.1) is 0 Å². The van der Waals surface area contributed by atoms with Crippen LogP contribution in [-0.2, 0) is 12.7 Å². The van der Waals surface area contributed by atoms with Gasteiger partial charge in [0.25, 0.3) is 5.91 Å². The van der Waals surface area contributed by atoms with Gasteiger partial charge in [-0.2, -0.15) is 13.2 Å². The fourth-order valence-electron chi connectivity index (χ4n) is 2.57. The van der Waals surface area contributed by atoms with E-state index in [0.717, 1.165) is 31.0 Å². The van der Waals surface area contributed by atoms with E-state index in [1.807, 2.05) is 10.8 Å². The molecule has 128 valence electrons. The second-order valence-electron chi connectivity index (χ2n) is 6.11. The van der Waals surface area contributed by atoms with Crippen molar-refractivity contribution in [2.75, 3.05) is 6.54 Å². The average molecular weight is 358 g/mol. The van der Waals surface area contributed by atoms with Gasteiger partial charge >= 0.3 is 6.18 Å². The molecule has 0 radical (unpaired) electrons. The Kier molecular flexibility index (Phi) is 4.29.